The molecule has 168 valence electrons. The molecule has 0 aliphatic heterocycles. The first-order chi connectivity index (χ1) is 16.0. The van der Waals surface area contributed by atoms with Gasteiger partial charge in [-0.3, -0.25) is 9.59 Å². The maximum absolute atomic E-state index is 13.2. The normalized spacial score (nSPS) is 11.0. The Morgan fingerprint density at radius 1 is 0.939 bits per heavy atom. The minimum absolute atomic E-state index is 0.103. The number of hydrogen-bond acceptors (Lipinski definition) is 4. The van der Waals surface area contributed by atoms with Crippen LogP contribution in [-0.4, -0.2) is 27.4 Å². The highest BCUT2D eigenvalue weighted by Crippen LogP contribution is 2.26. The first kappa shape index (κ1) is 22.3. The second kappa shape index (κ2) is 10.1. The van der Waals surface area contributed by atoms with E-state index in [1.807, 2.05) is 60.7 Å². The number of aromatic amines is 1. The summed E-state index contributed by atoms with van der Waals surface area (Å²) in [5.41, 5.74) is 2.42. The molecule has 1 amide bonds. The monoisotopic (exact) mass is 441 g/mol. The van der Waals surface area contributed by atoms with Crippen LogP contribution in [-0.2, 0) is 17.9 Å². The Morgan fingerprint density at radius 3 is 2.42 bits per heavy atom. The van der Waals surface area contributed by atoms with Gasteiger partial charge in [-0.1, -0.05) is 74.5 Å². The van der Waals surface area contributed by atoms with Gasteiger partial charge in [-0.05, 0) is 35.2 Å². The van der Waals surface area contributed by atoms with Gasteiger partial charge >= 0.3 is 0 Å². The maximum atomic E-state index is 13.2. The lowest BCUT2D eigenvalue weighted by atomic mass is 10.0. The van der Waals surface area contributed by atoms with Crippen molar-refractivity contribution < 1.29 is 9.53 Å². The van der Waals surface area contributed by atoms with Crippen LogP contribution in [0.2, 0.25) is 0 Å². The number of nitrogens with one attached hydrogen (secondary N) is 1. The number of nitrogens with zero attached hydrogens (tertiary/aromatic N) is 2. The third kappa shape index (κ3) is 5.47. The first-order valence-electron chi connectivity index (χ1n) is 11.0. The van der Waals surface area contributed by atoms with E-state index in [4.69, 9.17) is 4.74 Å². The highest BCUT2D eigenvalue weighted by Gasteiger charge is 2.18. The molecule has 0 saturated carbocycles. The van der Waals surface area contributed by atoms with Crippen LogP contribution in [0.15, 0.2) is 83.7 Å². The maximum Gasteiger partial charge on any atom is 0.261 e. The molecule has 4 aromatic rings. The van der Waals surface area contributed by atoms with Gasteiger partial charge in [-0.2, -0.15) is 0 Å². The Labute approximate surface area is 192 Å². The molecule has 0 saturated heterocycles. The average Bonchev–Trinajstić information content (AvgIpc) is 2.83. The van der Waals surface area contributed by atoms with E-state index in [2.05, 4.69) is 23.8 Å². The van der Waals surface area contributed by atoms with E-state index < -0.39 is 0 Å². The van der Waals surface area contributed by atoms with Crippen molar-refractivity contribution in [2.24, 2.45) is 0 Å². The minimum atomic E-state index is -0.218. The van der Waals surface area contributed by atoms with Crippen LogP contribution in [0.5, 0.6) is 5.75 Å². The van der Waals surface area contributed by atoms with Gasteiger partial charge in [0.15, 0.2) is 6.61 Å². The summed E-state index contributed by atoms with van der Waals surface area (Å²) < 4.78 is 5.93. The summed E-state index contributed by atoms with van der Waals surface area (Å²) in [4.78, 5) is 34.8. The van der Waals surface area contributed by atoms with Crippen molar-refractivity contribution >= 4 is 16.8 Å². The van der Waals surface area contributed by atoms with Gasteiger partial charge in [0, 0.05) is 6.54 Å². The topological polar surface area (TPSA) is 75.3 Å². The minimum Gasteiger partial charge on any atom is -0.483 e. The van der Waals surface area contributed by atoms with Crippen molar-refractivity contribution in [1.82, 2.24) is 14.9 Å². The molecule has 0 unspecified atom stereocenters. The van der Waals surface area contributed by atoms with Crippen molar-refractivity contribution in [2.75, 3.05) is 6.61 Å². The third-order valence-corrected chi connectivity index (χ3v) is 5.46. The Hall–Kier alpha value is -3.93. The summed E-state index contributed by atoms with van der Waals surface area (Å²) in [6, 6.07) is 24.7. The number of carbonyl (C=O) groups is 1. The Balaban J connectivity index is 1.57. The number of carbonyl (C=O) groups excluding carboxylic acids is 1. The van der Waals surface area contributed by atoms with E-state index in [1.165, 1.54) is 0 Å². The molecule has 33 heavy (non-hydrogen) atoms. The van der Waals surface area contributed by atoms with E-state index in [-0.39, 0.29) is 30.5 Å². The molecular weight excluding hydrogens is 414 g/mol. The summed E-state index contributed by atoms with van der Waals surface area (Å²) in [5, 5.41) is 0.524. The van der Waals surface area contributed by atoms with Gasteiger partial charge < -0.3 is 14.6 Å². The molecule has 0 radical (unpaired) electrons. The smallest absolute Gasteiger partial charge is 0.261 e. The Bertz CT molecular complexity index is 1300. The van der Waals surface area contributed by atoms with Crippen LogP contribution >= 0.6 is 0 Å². The Morgan fingerprint density at radius 2 is 1.64 bits per heavy atom. The largest absolute Gasteiger partial charge is 0.483 e. The lowest BCUT2D eigenvalue weighted by Crippen LogP contribution is -2.35. The molecule has 0 aliphatic rings. The SMILES string of the molecule is CC(C)c1ccccc1OCC(=O)N(Cc1ccccc1)Cc1nc2ccccc2c(=O)[nH]1. The van der Waals surface area contributed by atoms with Gasteiger partial charge in [0.1, 0.15) is 11.6 Å². The summed E-state index contributed by atoms with van der Waals surface area (Å²) in [5.74, 6) is 1.24. The second-order valence-electron chi connectivity index (χ2n) is 8.25. The van der Waals surface area contributed by atoms with Crippen LogP contribution in [0.1, 0.15) is 36.7 Å². The quantitative estimate of drug-likeness (QED) is 0.432. The summed E-state index contributed by atoms with van der Waals surface area (Å²) in [6.45, 7) is 4.63. The summed E-state index contributed by atoms with van der Waals surface area (Å²) >= 11 is 0. The number of aromatic nitrogens is 2. The standard InChI is InChI=1S/C27H27N3O3/c1-19(2)21-12-7-9-15-24(21)33-18-26(31)30(16-20-10-4-3-5-11-20)17-25-28-23-14-8-6-13-22(23)27(32)29-25/h3-15,19H,16-18H2,1-2H3,(H,28,29,32). The fourth-order valence-corrected chi connectivity index (χ4v) is 3.75. The molecule has 6 heteroatoms. The van der Waals surface area contributed by atoms with E-state index in [1.54, 1.807) is 23.1 Å². The molecule has 0 spiro atoms. The van der Waals surface area contributed by atoms with E-state index in [0.717, 1.165) is 11.1 Å². The third-order valence-electron chi connectivity index (χ3n) is 5.46. The molecule has 1 N–H and O–H groups in total. The second-order valence-corrected chi connectivity index (χ2v) is 8.25. The van der Waals surface area contributed by atoms with Crippen LogP contribution in [0, 0.1) is 0 Å². The summed E-state index contributed by atoms with van der Waals surface area (Å²) in [7, 11) is 0. The van der Waals surface area contributed by atoms with Crippen molar-refractivity contribution in [2.45, 2.75) is 32.9 Å². The predicted octanol–water partition coefficient (Wildman–Crippen LogP) is 4.65. The van der Waals surface area contributed by atoms with Crippen molar-refractivity contribution in [3.63, 3.8) is 0 Å². The first-order valence-corrected chi connectivity index (χ1v) is 11.0. The number of hydrogen-bond donors (Lipinski definition) is 1. The van der Waals surface area contributed by atoms with Crippen LogP contribution in [0.3, 0.4) is 0 Å². The molecule has 1 heterocycles. The zero-order valence-corrected chi connectivity index (χ0v) is 18.8. The lowest BCUT2D eigenvalue weighted by molar-refractivity contribution is -0.134. The molecule has 0 aliphatic carbocycles. The van der Waals surface area contributed by atoms with E-state index in [0.29, 0.717) is 29.0 Å². The van der Waals surface area contributed by atoms with Crippen LogP contribution < -0.4 is 10.3 Å². The molecule has 1 aromatic heterocycles. The highest BCUT2D eigenvalue weighted by atomic mass is 16.5. The molecule has 0 bridgehead atoms. The van der Waals surface area contributed by atoms with Crippen molar-refractivity contribution in [3.8, 4) is 5.75 Å². The van der Waals surface area contributed by atoms with Crippen molar-refractivity contribution in [3.05, 3.63) is 106 Å². The van der Waals surface area contributed by atoms with Gasteiger partial charge in [-0.25, -0.2) is 4.98 Å². The van der Waals surface area contributed by atoms with Crippen LogP contribution in [0.4, 0.5) is 0 Å². The number of ether oxygens (including phenoxy) is 1. The fourth-order valence-electron chi connectivity index (χ4n) is 3.75. The molecular formula is C27H27N3O3. The van der Waals surface area contributed by atoms with Crippen molar-refractivity contribution in [1.29, 1.82) is 0 Å². The molecule has 6 nitrogen and oxygen atoms in total. The summed E-state index contributed by atoms with van der Waals surface area (Å²) in [6.07, 6.45) is 0. The predicted molar refractivity (Wildman–Crippen MR) is 129 cm³/mol. The van der Waals surface area contributed by atoms with Gasteiger partial charge in [0.25, 0.3) is 11.5 Å². The van der Waals surface area contributed by atoms with Crippen LogP contribution in [0.25, 0.3) is 10.9 Å². The molecule has 3 aromatic carbocycles. The number of para-hydroxylation sites is 2. The number of amides is 1. The molecule has 0 atom stereocenters. The van der Waals surface area contributed by atoms with Gasteiger partial charge in [0.05, 0.1) is 17.4 Å². The number of fused-ring (bicyclic) bond motifs is 1. The van der Waals surface area contributed by atoms with Gasteiger partial charge in [0.2, 0.25) is 0 Å². The van der Waals surface area contributed by atoms with Gasteiger partial charge in [-0.15, -0.1) is 0 Å². The molecule has 0 fully saturated rings. The Kier molecular flexibility index (Phi) is 6.83. The zero-order chi connectivity index (χ0) is 23.2. The zero-order valence-electron chi connectivity index (χ0n) is 18.8. The van der Waals surface area contributed by atoms with E-state index in [9.17, 15) is 9.59 Å². The highest BCUT2D eigenvalue weighted by molar-refractivity contribution is 5.78. The number of H-pyrrole nitrogens is 1. The lowest BCUT2D eigenvalue weighted by Gasteiger charge is -2.23. The average molecular weight is 442 g/mol. The fraction of sp³-hybridized carbons (Fsp3) is 0.222. The number of benzene rings is 3. The molecule has 4 rings (SSSR count). The number of rotatable bonds is 8. The van der Waals surface area contributed by atoms with E-state index >= 15 is 0 Å².